The molecule has 5 nitrogen and oxygen atoms in total. The number of nitrogens with one attached hydrogen (secondary N) is 2. The average Bonchev–Trinajstić information content (AvgIpc) is 2.56. The number of ether oxygens (including phenoxy) is 1. The number of hydrogen-bond acceptors (Lipinski definition) is 3. The summed E-state index contributed by atoms with van der Waals surface area (Å²) in [6.45, 7) is 4.85. The zero-order chi connectivity index (χ0) is 17.1. The first-order chi connectivity index (χ1) is 11.0. The molecule has 0 radical (unpaired) electrons. The number of alkyl halides is 1. The van der Waals surface area contributed by atoms with Gasteiger partial charge in [0, 0.05) is 25.4 Å². The number of para-hydroxylation sites is 1. The molecule has 0 unspecified atom stereocenters. The molecule has 1 rings (SSSR count). The molecule has 0 aliphatic rings. The molecular weight excluding hydrogens is 316 g/mol. The lowest BCUT2D eigenvalue weighted by molar-refractivity contribution is -0.128. The van der Waals surface area contributed by atoms with Crippen molar-refractivity contribution in [2.75, 3.05) is 25.6 Å². The van der Waals surface area contributed by atoms with Gasteiger partial charge in [-0.25, -0.2) is 0 Å². The molecule has 0 aliphatic heterocycles. The molecule has 0 saturated heterocycles. The minimum atomic E-state index is -0.597. The highest BCUT2D eigenvalue weighted by Crippen LogP contribution is 2.16. The molecule has 0 fully saturated rings. The summed E-state index contributed by atoms with van der Waals surface area (Å²) in [6, 6.07) is 9.49. The lowest BCUT2D eigenvalue weighted by Crippen LogP contribution is -2.41. The first-order valence-electron chi connectivity index (χ1n) is 7.74. The fourth-order valence-electron chi connectivity index (χ4n) is 1.71. The number of amides is 2. The Labute approximate surface area is 142 Å². The van der Waals surface area contributed by atoms with Gasteiger partial charge in [-0.2, -0.15) is 0 Å². The van der Waals surface area contributed by atoms with Gasteiger partial charge in [0.05, 0.1) is 12.0 Å². The van der Waals surface area contributed by atoms with Crippen LogP contribution in [0.5, 0.6) is 5.75 Å². The molecule has 0 aromatic heterocycles. The van der Waals surface area contributed by atoms with E-state index >= 15 is 0 Å². The summed E-state index contributed by atoms with van der Waals surface area (Å²) in [5, 5.41) is 5.52. The maximum atomic E-state index is 11.8. The van der Waals surface area contributed by atoms with Crippen LogP contribution in [0.15, 0.2) is 30.3 Å². The Morgan fingerprint density at radius 1 is 1.13 bits per heavy atom. The van der Waals surface area contributed by atoms with Crippen LogP contribution in [0.25, 0.3) is 0 Å². The van der Waals surface area contributed by atoms with Crippen LogP contribution in [0.3, 0.4) is 0 Å². The van der Waals surface area contributed by atoms with Crippen molar-refractivity contribution in [1.29, 1.82) is 0 Å². The van der Waals surface area contributed by atoms with Crippen molar-refractivity contribution in [2.45, 2.75) is 26.7 Å². The molecule has 2 amide bonds. The Hall–Kier alpha value is -1.75. The van der Waals surface area contributed by atoms with Gasteiger partial charge in [0.25, 0.3) is 0 Å². The van der Waals surface area contributed by atoms with E-state index in [1.165, 1.54) is 0 Å². The van der Waals surface area contributed by atoms with E-state index in [0.717, 1.165) is 5.75 Å². The number of rotatable bonds is 10. The zero-order valence-corrected chi connectivity index (χ0v) is 14.5. The second-order valence-corrected chi connectivity index (χ2v) is 6.16. The van der Waals surface area contributed by atoms with Crippen LogP contribution in [0.1, 0.15) is 26.7 Å². The predicted molar refractivity (Wildman–Crippen MR) is 91.7 cm³/mol. The summed E-state index contributed by atoms with van der Waals surface area (Å²) in [5.41, 5.74) is -0.597. The number of hydrogen-bond donors (Lipinski definition) is 2. The van der Waals surface area contributed by atoms with E-state index in [0.29, 0.717) is 32.5 Å². The fourth-order valence-corrected chi connectivity index (χ4v) is 1.83. The van der Waals surface area contributed by atoms with Gasteiger partial charge in [0.15, 0.2) is 0 Å². The van der Waals surface area contributed by atoms with Gasteiger partial charge in [-0.15, -0.1) is 11.6 Å². The maximum absolute atomic E-state index is 11.8. The van der Waals surface area contributed by atoms with Crippen molar-refractivity contribution in [1.82, 2.24) is 10.6 Å². The first-order valence-corrected chi connectivity index (χ1v) is 8.28. The Morgan fingerprint density at radius 2 is 1.78 bits per heavy atom. The Bertz CT molecular complexity index is 492. The van der Waals surface area contributed by atoms with E-state index in [1.807, 2.05) is 30.3 Å². The molecule has 23 heavy (non-hydrogen) atoms. The third-order valence-electron chi connectivity index (χ3n) is 3.24. The van der Waals surface area contributed by atoms with Crippen molar-refractivity contribution in [3.8, 4) is 5.75 Å². The number of carbonyl (C=O) groups excluding carboxylic acids is 2. The summed E-state index contributed by atoms with van der Waals surface area (Å²) in [6.07, 6.45) is 1.04. The smallest absolute Gasteiger partial charge is 0.226 e. The summed E-state index contributed by atoms with van der Waals surface area (Å²) < 4.78 is 5.51. The highest BCUT2D eigenvalue weighted by molar-refractivity contribution is 6.19. The zero-order valence-electron chi connectivity index (χ0n) is 13.7. The van der Waals surface area contributed by atoms with E-state index in [2.05, 4.69) is 10.6 Å². The van der Waals surface area contributed by atoms with E-state index in [9.17, 15) is 9.59 Å². The summed E-state index contributed by atoms with van der Waals surface area (Å²) in [7, 11) is 0. The van der Waals surface area contributed by atoms with Crippen LogP contribution in [0, 0.1) is 5.41 Å². The molecule has 1 aromatic carbocycles. The third kappa shape index (κ3) is 7.88. The minimum absolute atomic E-state index is 0.0486. The van der Waals surface area contributed by atoms with Gasteiger partial charge in [-0.3, -0.25) is 9.59 Å². The van der Waals surface area contributed by atoms with Gasteiger partial charge in [-0.05, 0) is 32.4 Å². The topological polar surface area (TPSA) is 67.4 Å². The number of benzene rings is 1. The van der Waals surface area contributed by atoms with Crippen LogP contribution in [0.4, 0.5) is 0 Å². The highest BCUT2D eigenvalue weighted by atomic mass is 35.5. The molecule has 6 heteroatoms. The van der Waals surface area contributed by atoms with Gasteiger partial charge >= 0.3 is 0 Å². The second-order valence-electron chi connectivity index (χ2n) is 5.89. The van der Waals surface area contributed by atoms with E-state index in [4.69, 9.17) is 16.3 Å². The van der Waals surface area contributed by atoms with Crippen LogP contribution < -0.4 is 15.4 Å². The largest absolute Gasteiger partial charge is 0.494 e. The van der Waals surface area contributed by atoms with Crippen LogP contribution in [-0.2, 0) is 9.59 Å². The fraction of sp³-hybridized carbons (Fsp3) is 0.529. The van der Waals surface area contributed by atoms with E-state index in [1.54, 1.807) is 13.8 Å². The van der Waals surface area contributed by atoms with Crippen molar-refractivity contribution >= 4 is 23.4 Å². The molecule has 0 heterocycles. The third-order valence-corrected chi connectivity index (χ3v) is 3.91. The molecule has 0 saturated carbocycles. The van der Waals surface area contributed by atoms with Crippen LogP contribution in [0.2, 0.25) is 0 Å². The molecular formula is C17H25ClN2O3. The normalized spacial score (nSPS) is 10.9. The van der Waals surface area contributed by atoms with Gasteiger partial charge < -0.3 is 15.4 Å². The predicted octanol–water partition coefficient (Wildman–Crippen LogP) is 2.34. The average molecular weight is 341 g/mol. The molecule has 0 atom stereocenters. The standard InChI is InChI=1S/C17H25ClN2O3/c1-17(2,13-18)16(22)20-11-10-19-15(21)9-6-12-23-14-7-4-3-5-8-14/h3-5,7-8H,6,9-13H2,1-2H3,(H,19,21)(H,20,22). The summed E-state index contributed by atoms with van der Waals surface area (Å²) >= 11 is 5.72. The Morgan fingerprint density at radius 3 is 2.43 bits per heavy atom. The number of halogens is 1. The van der Waals surface area contributed by atoms with Crippen molar-refractivity contribution < 1.29 is 14.3 Å². The lowest BCUT2D eigenvalue weighted by Gasteiger charge is -2.20. The Balaban J connectivity index is 2.05. The SMILES string of the molecule is CC(C)(CCl)C(=O)NCCNC(=O)CCCOc1ccccc1. The van der Waals surface area contributed by atoms with Gasteiger partial charge in [-0.1, -0.05) is 18.2 Å². The second kappa shape index (κ2) is 10.1. The van der Waals surface area contributed by atoms with Crippen molar-refractivity contribution in [3.63, 3.8) is 0 Å². The van der Waals surface area contributed by atoms with E-state index in [-0.39, 0.29) is 17.7 Å². The molecule has 0 aliphatic carbocycles. The van der Waals surface area contributed by atoms with E-state index < -0.39 is 5.41 Å². The monoisotopic (exact) mass is 340 g/mol. The summed E-state index contributed by atoms with van der Waals surface area (Å²) in [5.74, 6) is 0.898. The molecule has 1 aromatic rings. The van der Waals surface area contributed by atoms with Gasteiger partial charge in [0.1, 0.15) is 5.75 Å². The maximum Gasteiger partial charge on any atom is 0.226 e. The number of carbonyl (C=O) groups is 2. The highest BCUT2D eigenvalue weighted by Gasteiger charge is 2.25. The summed E-state index contributed by atoms with van der Waals surface area (Å²) in [4.78, 5) is 23.4. The van der Waals surface area contributed by atoms with Crippen LogP contribution >= 0.6 is 11.6 Å². The molecule has 2 N–H and O–H groups in total. The molecule has 128 valence electrons. The van der Waals surface area contributed by atoms with Gasteiger partial charge in [0.2, 0.25) is 11.8 Å². The molecule has 0 bridgehead atoms. The lowest BCUT2D eigenvalue weighted by atomic mass is 9.95. The molecule has 0 spiro atoms. The first kappa shape index (κ1) is 19.3. The van der Waals surface area contributed by atoms with Crippen molar-refractivity contribution in [2.24, 2.45) is 5.41 Å². The van der Waals surface area contributed by atoms with Crippen molar-refractivity contribution in [3.05, 3.63) is 30.3 Å². The minimum Gasteiger partial charge on any atom is -0.494 e. The Kier molecular flexibility index (Phi) is 8.48. The van der Waals surface area contributed by atoms with Crippen LogP contribution in [-0.4, -0.2) is 37.4 Å². The quantitative estimate of drug-likeness (QED) is 0.507.